The molecule has 0 fully saturated rings. The smallest absolute Gasteiger partial charge is 0.452 e. The Morgan fingerprint density at radius 3 is 2.38 bits per heavy atom. The fourth-order valence-corrected chi connectivity index (χ4v) is 2.12. The van der Waals surface area contributed by atoms with Crippen LogP contribution in [-0.2, 0) is 16.1 Å². The van der Waals surface area contributed by atoms with E-state index in [-0.39, 0.29) is 12.1 Å². The summed E-state index contributed by atoms with van der Waals surface area (Å²) in [5.41, 5.74) is 0.764. The van der Waals surface area contributed by atoms with E-state index in [1.54, 1.807) is 24.3 Å². The van der Waals surface area contributed by atoms with Crippen molar-refractivity contribution in [2.24, 2.45) is 0 Å². The predicted octanol–water partition coefficient (Wildman–Crippen LogP) is 3.71. The van der Waals surface area contributed by atoms with E-state index < -0.39 is 30.6 Å². The van der Waals surface area contributed by atoms with Gasteiger partial charge in [-0.2, -0.15) is 0 Å². The third-order valence-corrected chi connectivity index (χ3v) is 3.27. The van der Waals surface area contributed by atoms with Crippen LogP contribution in [0.1, 0.15) is 15.9 Å². The van der Waals surface area contributed by atoms with E-state index in [1.807, 2.05) is 0 Å². The van der Waals surface area contributed by atoms with Crippen LogP contribution in [0.25, 0.3) is 0 Å². The van der Waals surface area contributed by atoms with Crippen molar-refractivity contribution in [2.45, 2.75) is 12.9 Å². The molecule has 0 aromatic heterocycles. The molecule has 26 heavy (non-hydrogen) atoms. The molecule has 0 radical (unpaired) electrons. The first-order valence-corrected chi connectivity index (χ1v) is 7.65. The van der Waals surface area contributed by atoms with E-state index in [0.29, 0.717) is 5.02 Å². The number of alkyl halides is 3. The summed E-state index contributed by atoms with van der Waals surface area (Å²) in [6.07, 6.45) is -4.82. The van der Waals surface area contributed by atoms with Gasteiger partial charge in [-0.05, 0) is 42.0 Å². The highest BCUT2D eigenvalue weighted by molar-refractivity contribution is 6.30. The second kappa shape index (κ2) is 8.57. The molecular formula is C17H13ClF3NO4. The van der Waals surface area contributed by atoms with E-state index in [9.17, 15) is 22.8 Å². The number of amides is 1. The third kappa shape index (κ3) is 6.64. The summed E-state index contributed by atoms with van der Waals surface area (Å²) >= 11 is 5.82. The largest absolute Gasteiger partial charge is 0.573 e. The summed E-state index contributed by atoms with van der Waals surface area (Å²) in [6, 6.07) is 11.0. The maximum Gasteiger partial charge on any atom is 0.573 e. The van der Waals surface area contributed by atoms with Crippen LogP contribution in [0.5, 0.6) is 5.75 Å². The molecule has 0 heterocycles. The van der Waals surface area contributed by atoms with Crippen molar-refractivity contribution in [1.29, 1.82) is 0 Å². The molecule has 0 atom stereocenters. The lowest BCUT2D eigenvalue weighted by Crippen LogP contribution is -2.28. The number of esters is 1. The highest BCUT2D eigenvalue weighted by Crippen LogP contribution is 2.22. The fourth-order valence-electron chi connectivity index (χ4n) is 1.91. The minimum atomic E-state index is -4.82. The maximum absolute atomic E-state index is 12.1. The van der Waals surface area contributed by atoms with Crippen LogP contribution in [0.15, 0.2) is 48.5 Å². The first-order chi connectivity index (χ1) is 12.2. The minimum absolute atomic E-state index is 0.0119. The second-order valence-corrected chi connectivity index (χ2v) is 5.49. The van der Waals surface area contributed by atoms with E-state index in [2.05, 4.69) is 10.1 Å². The molecule has 0 aliphatic carbocycles. The van der Waals surface area contributed by atoms with Gasteiger partial charge in [0.15, 0.2) is 6.61 Å². The van der Waals surface area contributed by atoms with Crippen molar-refractivity contribution in [3.05, 3.63) is 64.7 Å². The van der Waals surface area contributed by atoms with Crippen molar-refractivity contribution in [2.75, 3.05) is 6.61 Å². The van der Waals surface area contributed by atoms with Crippen LogP contribution in [0.3, 0.4) is 0 Å². The first kappa shape index (κ1) is 19.6. The molecule has 0 saturated heterocycles. The Bertz CT molecular complexity index is 778. The van der Waals surface area contributed by atoms with Gasteiger partial charge in [0.1, 0.15) is 5.75 Å². The lowest BCUT2D eigenvalue weighted by molar-refractivity contribution is -0.274. The molecule has 9 heteroatoms. The van der Waals surface area contributed by atoms with E-state index in [1.165, 1.54) is 0 Å². The molecule has 2 aromatic rings. The number of nitrogens with one attached hydrogen (secondary N) is 1. The molecule has 0 unspecified atom stereocenters. The summed E-state index contributed by atoms with van der Waals surface area (Å²) in [6.45, 7) is -0.319. The lowest BCUT2D eigenvalue weighted by atomic mass is 10.2. The molecule has 0 spiro atoms. The number of benzene rings is 2. The monoisotopic (exact) mass is 387 g/mol. The molecule has 1 N–H and O–H groups in total. The Morgan fingerprint density at radius 1 is 1.08 bits per heavy atom. The second-order valence-electron chi connectivity index (χ2n) is 5.05. The van der Waals surface area contributed by atoms with Gasteiger partial charge in [0.05, 0.1) is 5.56 Å². The zero-order valence-corrected chi connectivity index (χ0v) is 13.9. The number of carbonyl (C=O) groups is 2. The zero-order chi connectivity index (χ0) is 19.2. The van der Waals surface area contributed by atoms with Crippen LogP contribution in [0.2, 0.25) is 5.02 Å². The molecule has 0 aliphatic rings. The van der Waals surface area contributed by atoms with Gasteiger partial charge in [0.25, 0.3) is 5.91 Å². The summed E-state index contributed by atoms with van der Waals surface area (Å²) in [4.78, 5) is 23.5. The van der Waals surface area contributed by atoms with Crippen molar-refractivity contribution in [3.8, 4) is 5.75 Å². The highest BCUT2D eigenvalue weighted by Gasteiger charge is 2.31. The fraction of sp³-hybridized carbons (Fsp3) is 0.176. The molecule has 2 aromatic carbocycles. The van der Waals surface area contributed by atoms with Crippen molar-refractivity contribution >= 4 is 23.5 Å². The van der Waals surface area contributed by atoms with Crippen LogP contribution < -0.4 is 10.1 Å². The van der Waals surface area contributed by atoms with Gasteiger partial charge >= 0.3 is 12.3 Å². The van der Waals surface area contributed by atoms with E-state index in [4.69, 9.17) is 16.3 Å². The summed E-state index contributed by atoms with van der Waals surface area (Å²) in [7, 11) is 0. The molecule has 5 nitrogen and oxygen atoms in total. The number of ether oxygens (including phenoxy) is 2. The molecule has 1 amide bonds. The molecular weight excluding hydrogens is 375 g/mol. The van der Waals surface area contributed by atoms with E-state index >= 15 is 0 Å². The highest BCUT2D eigenvalue weighted by atomic mass is 35.5. The molecule has 0 aliphatic heterocycles. The predicted molar refractivity (Wildman–Crippen MR) is 86.7 cm³/mol. The van der Waals surface area contributed by atoms with Crippen LogP contribution in [-0.4, -0.2) is 24.8 Å². The van der Waals surface area contributed by atoms with Gasteiger partial charge in [-0.3, -0.25) is 4.79 Å². The zero-order valence-electron chi connectivity index (χ0n) is 13.2. The van der Waals surface area contributed by atoms with Crippen molar-refractivity contribution in [1.82, 2.24) is 5.32 Å². The number of rotatable bonds is 6. The Labute approximate surface area is 151 Å². The summed E-state index contributed by atoms with van der Waals surface area (Å²) in [5.74, 6) is -1.84. The minimum Gasteiger partial charge on any atom is -0.452 e. The summed E-state index contributed by atoms with van der Waals surface area (Å²) < 4.78 is 44.7. The number of carbonyl (C=O) groups excluding carboxylic acids is 2. The Hall–Kier alpha value is -2.74. The Kier molecular flexibility index (Phi) is 6.46. The summed E-state index contributed by atoms with van der Waals surface area (Å²) in [5, 5.41) is 3.08. The SMILES string of the molecule is O=C(COC(=O)c1ccc(OC(F)(F)F)cc1)NCc1cccc(Cl)c1. The maximum atomic E-state index is 12.1. The topological polar surface area (TPSA) is 64.6 Å². The third-order valence-electron chi connectivity index (χ3n) is 3.04. The van der Waals surface area contributed by atoms with Crippen LogP contribution >= 0.6 is 11.6 Å². The average Bonchev–Trinajstić information content (AvgIpc) is 2.57. The van der Waals surface area contributed by atoms with Crippen molar-refractivity contribution < 1.29 is 32.2 Å². The van der Waals surface area contributed by atoms with Gasteiger partial charge in [-0.15, -0.1) is 13.2 Å². The van der Waals surface area contributed by atoms with E-state index in [0.717, 1.165) is 29.8 Å². The Balaban J connectivity index is 1.79. The normalized spacial score (nSPS) is 10.9. The Morgan fingerprint density at radius 2 is 1.77 bits per heavy atom. The van der Waals surface area contributed by atoms with Gasteiger partial charge in [-0.25, -0.2) is 4.79 Å². The van der Waals surface area contributed by atoms with Gasteiger partial charge in [-0.1, -0.05) is 23.7 Å². The number of hydrogen-bond donors (Lipinski definition) is 1. The number of hydrogen-bond acceptors (Lipinski definition) is 4. The van der Waals surface area contributed by atoms with Crippen molar-refractivity contribution in [3.63, 3.8) is 0 Å². The standard InChI is InChI=1S/C17H13ClF3NO4/c18-13-3-1-2-11(8-13)9-22-15(23)10-25-16(24)12-4-6-14(7-5-12)26-17(19,20)21/h1-8H,9-10H2,(H,22,23). The molecule has 0 saturated carbocycles. The average molecular weight is 388 g/mol. The molecule has 2 rings (SSSR count). The van der Waals surface area contributed by atoms with Gasteiger partial charge < -0.3 is 14.8 Å². The molecule has 0 bridgehead atoms. The first-order valence-electron chi connectivity index (χ1n) is 7.27. The van der Waals surface area contributed by atoms with Gasteiger partial charge in [0.2, 0.25) is 0 Å². The van der Waals surface area contributed by atoms with Gasteiger partial charge in [0, 0.05) is 11.6 Å². The molecule has 138 valence electrons. The quantitative estimate of drug-likeness (QED) is 0.767. The lowest BCUT2D eigenvalue weighted by Gasteiger charge is -2.09. The van der Waals surface area contributed by atoms with Crippen LogP contribution in [0, 0.1) is 0 Å². The number of halogens is 4. The van der Waals surface area contributed by atoms with Crippen LogP contribution in [0.4, 0.5) is 13.2 Å².